The summed E-state index contributed by atoms with van der Waals surface area (Å²) in [6.45, 7) is 6.19. The van der Waals surface area contributed by atoms with Crippen molar-refractivity contribution in [2.75, 3.05) is 43.4 Å². The summed E-state index contributed by atoms with van der Waals surface area (Å²) >= 11 is 0. The maximum absolute atomic E-state index is 12.8. The maximum Gasteiger partial charge on any atom is 0.254 e. The van der Waals surface area contributed by atoms with Gasteiger partial charge in [-0.3, -0.25) is 19.3 Å². The first-order valence-corrected chi connectivity index (χ1v) is 10.2. The maximum atomic E-state index is 12.8. The van der Waals surface area contributed by atoms with Crippen molar-refractivity contribution in [3.8, 4) is 0 Å². The van der Waals surface area contributed by atoms with Crippen molar-refractivity contribution in [3.63, 3.8) is 0 Å². The molecule has 1 heterocycles. The number of nitrogens with one attached hydrogen (secondary N) is 2. The minimum absolute atomic E-state index is 0.0429. The van der Waals surface area contributed by atoms with Gasteiger partial charge >= 0.3 is 0 Å². The Kier molecular flexibility index (Phi) is 7.19. The second kappa shape index (κ2) is 10.0. The molecule has 0 radical (unpaired) electrons. The van der Waals surface area contributed by atoms with Gasteiger partial charge in [-0.05, 0) is 36.2 Å². The molecule has 0 saturated carbocycles. The fourth-order valence-corrected chi connectivity index (χ4v) is 3.57. The van der Waals surface area contributed by atoms with Crippen molar-refractivity contribution in [2.45, 2.75) is 20.3 Å². The highest BCUT2D eigenvalue weighted by molar-refractivity contribution is 5.97. The third-order valence-corrected chi connectivity index (χ3v) is 5.13. The van der Waals surface area contributed by atoms with Crippen LogP contribution >= 0.6 is 0 Å². The van der Waals surface area contributed by atoms with E-state index in [1.165, 1.54) is 6.92 Å². The molecule has 0 atom stereocenters. The Bertz CT molecular complexity index is 920. The minimum atomic E-state index is -0.173. The summed E-state index contributed by atoms with van der Waals surface area (Å²) in [5.74, 6) is -0.282. The third kappa shape index (κ3) is 5.67. The van der Waals surface area contributed by atoms with Crippen molar-refractivity contribution >= 4 is 29.1 Å². The lowest BCUT2D eigenvalue weighted by Gasteiger charge is -2.34. The fraction of sp³-hybridized carbons (Fsp3) is 0.348. The molecule has 7 nitrogen and oxygen atoms in total. The van der Waals surface area contributed by atoms with Crippen molar-refractivity contribution in [1.29, 1.82) is 0 Å². The Balaban J connectivity index is 1.51. The van der Waals surface area contributed by atoms with E-state index < -0.39 is 0 Å². The zero-order valence-corrected chi connectivity index (χ0v) is 17.5. The first-order valence-electron chi connectivity index (χ1n) is 10.2. The first-order chi connectivity index (χ1) is 14.5. The normalized spacial score (nSPS) is 14.3. The summed E-state index contributed by atoms with van der Waals surface area (Å²) in [5, 5.41) is 5.69. The second-order valence-corrected chi connectivity index (χ2v) is 7.39. The van der Waals surface area contributed by atoms with Gasteiger partial charge in [0.2, 0.25) is 11.8 Å². The number of rotatable bonds is 6. The number of para-hydroxylation sites is 1. The molecule has 158 valence electrons. The molecule has 0 aliphatic carbocycles. The molecule has 0 spiro atoms. The Morgan fingerprint density at radius 1 is 0.933 bits per heavy atom. The molecule has 2 N–H and O–H groups in total. The largest absolute Gasteiger partial charge is 0.336 e. The molecule has 0 unspecified atom stereocenters. The van der Waals surface area contributed by atoms with Crippen LogP contribution in [0.25, 0.3) is 0 Å². The Labute approximate surface area is 177 Å². The van der Waals surface area contributed by atoms with Gasteiger partial charge in [0.25, 0.3) is 5.91 Å². The zero-order chi connectivity index (χ0) is 21.5. The Morgan fingerprint density at radius 3 is 2.37 bits per heavy atom. The number of benzene rings is 2. The van der Waals surface area contributed by atoms with Gasteiger partial charge in [-0.25, -0.2) is 0 Å². The smallest absolute Gasteiger partial charge is 0.254 e. The van der Waals surface area contributed by atoms with Gasteiger partial charge in [-0.1, -0.05) is 31.2 Å². The van der Waals surface area contributed by atoms with E-state index in [-0.39, 0.29) is 17.7 Å². The molecule has 3 rings (SSSR count). The van der Waals surface area contributed by atoms with Crippen LogP contribution in [0, 0.1) is 0 Å². The van der Waals surface area contributed by atoms with E-state index in [2.05, 4.69) is 22.5 Å². The van der Waals surface area contributed by atoms with Crippen LogP contribution in [0.4, 0.5) is 11.4 Å². The molecule has 30 heavy (non-hydrogen) atoms. The molecule has 7 heteroatoms. The van der Waals surface area contributed by atoms with Crippen molar-refractivity contribution in [1.82, 2.24) is 9.80 Å². The molecule has 2 aromatic rings. The molecule has 1 fully saturated rings. The minimum Gasteiger partial charge on any atom is -0.336 e. The van der Waals surface area contributed by atoms with E-state index in [1.807, 2.05) is 24.3 Å². The topological polar surface area (TPSA) is 81.8 Å². The van der Waals surface area contributed by atoms with Crippen LogP contribution in [0.15, 0.2) is 48.5 Å². The molecular formula is C23H28N4O3. The van der Waals surface area contributed by atoms with Gasteiger partial charge in [-0.15, -0.1) is 0 Å². The van der Waals surface area contributed by atoms with E-state index in [1.54, 1.807) is 29.2 Å². The highest BCUT2D eigenvalue weighted by Crippen LogP contribution is 2.16. The number of anilines is 2. The van der Waals surface area contributed by atoms with E-state index in [0.717, 1.165) is 17.7 Å². The lowest BCUT2D eigenvalue weighted by Crippen LogP contribution is -2.50. The third-order valence-electron chi connectivity index (χ3n) is 5.13. The SMILES string of the molecule is CCc1ccccc1NC(=O)CN1CCN(C(=O)c2cccc(NC(C)=O)c2)CC1. The molecule has 0 bridgehead atoms. The van der Waals surface area contributed by atoms with E-state index >= 15 is 0 Å². The molecule has 1 aliphatic heterocycles. The average molecular weight is 409 g/mol. The molecule has 1 aliphatic rings. The molecule has 2 aromatic carbocycles. The number of hydrogen-bond acceptors (Lipinski definition) is 4. The van der Waals surface area contributed by atoms with E-state index in [9.17, 15) is 14.4 Å². The van der Waals surface area contributed by atoms with E-state index in [4.69, 9.17) is 0 Å². The van der Waals surface area contributed by atoms with Crippen LogP contribution in [0.3, 0.4) is 0 Å². The van der Waals surface area contributed by atoms with Crippen LogP contribution in [0.1, 0.15) is 29.8 Å². The summed E-state index contributed by atoms with van der Waals surface area (Å²) in [6, 6.07) is 14.8. The fourth-order valence-electron chi connectivity index (χ4n) is 3.57. The van der Waals surface area contributed by atoms with Crippen molar-refractivity contribution < 1.29 is 14.4 Å². The molecule has 3 amide bonds. The summed E-state index contributed by atoms with van der Waals surface area (Å²) in [5.41, 5.74) is 3.13. The predicted molar refractivity (Wildman–Crippen MR) is 118 cm³/mol. The van der Waals surface area contributed by atoms with E-state index in [0.29, 0.717) is 44.0 Å². The van der Waals surface area contributed by atoms with Gasteiger partial charge in [0.1, 0.15) is 0 Å². The number of carbonyl (C=O) groups is 3. The predicted octanol–water partition coefficient (Wildman–Crippen LogP) is 2.60. The van der Waals surface area contributed by atoms with Gasteiger partial charge in [0.15, 0.2) is 0 Å². The van der Waals surface area contributed by atoms with Crippen LogP contribution in [-0.2, 0) is 16.0 Å². The van der Waals surface area contributed by atoms with Gasteiger partial charge in [-0.2, -0.15) is 0 Å². The van der Waals surface area contributed by atoms with Gasteiger partial charge in [0.05, 0.1) is 6.54 Å². The van der Waals surface area contributed by atoms with Gasteiger partial charge < -0.3 is 15.5 Å². The Hall–Kier alpha value is -3.19. The monoisotopic (exact) mass is 408 g/mol. The zero-order valence-electron chi connectivity index (χ0n) is 17.5. The number of hydrogen-bond donors (Lipinski definition) is 2. The highest BCUT2D eigenvalue weighted by atomic mass is 16.2. The standard InChI is InChI=1S/C23H28N4O3/c1-3-18-7-4-5-10-21(18)25-22(29)16-26-11-13-27(14-12-26)23(30)19-8-6-9-20(15-19)24-17(2)28/h4-10,15H,3,11-14,16H2,1-2H3,(H,24,28)(H,25,29). The summed E-state index contributed by atoms with van der Waals surface area (Å²) in [6.07, 6.45) is 0.861. The highest BCUT2D eigenvalue weighted by Gasteiger charge is 2.23. The van der Waals surface area contributed by atoms with Gasteiger partial charge in [0, 0.05) is 50.0 Å². The van der Waals surface area contributed by atoms with Crippen molar-refractivity contribution in [3.05, 3.63) is 59.7 Å². The summed E-state index contributed by atoms with van der Waals surface area (Å²) < 4.78 is 0. The summed E-state index contributed by atoms with van der Waals surface area (Å²) in [7, 11) is 0. The molecule has 1 saturated heterocycles. The van der Waals surface area contributed by atoms with Crippen LogP contribution in [0.5, 0.6) is 0 Å². The first kappa shape index (κ1) is 21.5. The molecular weight excluding hydrogens is 380 g/mol. The van der Waals surface area contributed by atoms with Crippen molar-refractivity contribution in [2.24, 2.45) is 0 Å². The molecule has 0 aromatic heterocycles. The number of amides is 3. The number of carbonyl (C=O) groups excluding carboxylic acids is 3. The summed E-state index contributed by atoms with van der Waals surface area (Å²) in [4.78, 5) is 40.3. The van der Waals surface area contributed by atoms with Crippen LogP contribution in [0.2, 0.25) is 0 Å². The quantitative estimate of drug-likeness (QED) is 0.770. The second-order valence-electron chi connectivity index (χ2n) is 7.39. The van der Waals surface area contributed by atoms with Crippen LogP contribution in [-0.4, -0.2) is 60.2 Å². The lowest BCUT2D eigenvalue weighted by atomic mass is 10.1. The van der Waals surface area contributed by atoms with Crippen LogP contribution < -0.4 is 10.6 Å². The average Bonchev–Trinajstić information content (AvgIpc) is 2.74. The lowest BCUT2D eigenvalue weighted by molar-refractivity contribution is -0.117. The number of aryl methyl sites for hydroxylation is 1. The number of nitrogens with zero attached hydrogens (tertiary/aromatic N) is 2. The Morgan fingerprint density at radius 2 is 1.67 bits per heavy atom. The number of piperazine rings is 1.